The molecule has 0 bridgehead atoms. The number of nitrogens with zero attached hydrogens (tertiary/aromatic N) is 1. The van der Waals surface area contributed by atoms with Crippen LogP contribution in [0.25, 0.3) is 0 Å². The topological polar surface area (TPSA) is 64.6 Å². The molecule has 17 heavy (non-hydrogen) atoms. The molecule has 2 aliphatic heterocycles. The van der Waals surface area contributed by atoms with Gasteiger partial charge in [0.2, 0.25) is 5.91 Å². The van der Waals surface area contributed by atoms with Crippen LogP contribution in [0.5, 0.6) is 0 Å². The van der Waals surface area contributed by atoms with Crippen LogP contribution in [0, 0.1) is 0 Å². The van der Waals surface area contributed by atoms with E-state index in [1.807, 2.05) is 0 Å². The van der Waals surface area contributed by atoms with Gasteiger partial charge < -0.3 is 20.6 Å². The lowest BCUT2D eigenvalue weighted by Gasteiger charge is -2.20. The van der Waals surface area contributed by atoms with Gasteiger partial charge in [0.25, 0.3) is 0 Å². The van der Waals surface area contributed by atoms with E-state index in [9.17, 15) is 9.90 Å². The summed E-state index contributed by atoms with van der Waals surface area (Å²) in [4.78, 5) is 13.3. The van der Waals surface area contributed by atoms with Crippen molar-refractivity contribution in [1.82, 2.24) is 15.5 Å². The van der Waals surface area contributed by atoms with E-state index in [0.29, 0.717) is 13.0 Å². The van der Waals surface area contributed by atoms with E-state index >= 15 is 0 Å². The zero-order chi connectivity index (χ0) is 12.1. The molecule has 3 N–H and O–H groups in total. The van der Waals surface area contributed by atoms with Gasteiger partial charge in [0.15, 0.2) is 0 Å². The third-order valence-electron chi connectivity index (χ3n) is 3.52. The largest absolute Gasteiger partial charge is 0.390 e. The van der Waals surface area contributed by atoms with E-state index in [4.69, 9.17) is 0 Å². The van der Waals surface area contributed by atoms with Gasteiger partial charge in [-0.15, -0.1) is 0 Å². The van der Waals surface area contributed by atoms with Crippen LogP contribution in [-0.4, -0.2) is 60.8 Å². The van der Waals surface area contributed by atoms with Crippen molar-refractivity contribution in [2.75, 3.05) is 32.7 Å². The Bertz CT molecular complexity index is 254. The van der Waals surface area contributed by atoms with E-state index in [2.05, 4.69) is 15.5 Å². The number of β-amino-alcohol motifs (C(OH)–C–C–N with tert-alkyl or cyclic N) is 1. The molecule has 5 nitrogen and oxygen atoms in total. The minimum absolute atomic E-state index is 0.148. The summed E-state index contributed by atoms with van der Waals surface area (Å²) in [6.07, 6.45) is 3.77. The standard InChI is InChI=1S/C12H23N3O2/c16-11(9-15-5-1-2-6-15)8-13-7-10-3-4-12(17)14-10/h10-11,13,16H,1-9H2,(H,14,17). The molecule has 0 radical (unpaired) electrons. The third-order valence-corrected chi connectivity index (χ3v) is 3.52. The highest BCUT2D eigenvalue weighted by Gasteiger charge is 2.20. The number of rotatable bonds is 6. The number of hydrogen-bond donors (Lipinski definition) is 3. The first-order chi connectivity index (χ1) is 8.24. The van der Waals surface area contributed by atoms with Crippen LogP contribution in [-0.2, 0) is 4.79 Å². The molecule has 0 aliphatic carbocycles. The molecule has 0 spiro atoms. The van der Waals surface area contributed by atoms with E-state index in [-0.39, 0.29) is 18.1 Å². The Labute approximate surface area is 103 Å². The van der Waals surface area contributed by atoms with Crippen molar-refractivity contribution in [2.45, 2.75) is 37.8 Å². The van der Waals surface area contributed by atoms with Crippen LogP contribution in [0.15, 0.2) is 0 Å². The van der Waals surface area contributed by atoms with Crippen LogP contribution in [0.2, 0.25) is 0 Å². The average molecular weight is 241 g/mol. The van der Waals surface area contributed by atoms with Crippen molar-refractivity contribution in [3.05, 3.63) is 0 Å². The number of aliphatic hydroxyl groups excluding tert-OH is 1. The van der Waals surface area contributed by atoms with Gasteiger partial charge in [-0.2, -0.15) is 0 Å². The van der Waals surface area contributed by atoms with E-state index < -0.39 is 0 Å². The van der Waals surface area contributed by atoms with Crippen LogP contribution >= 0.6 is 0 Å². The predicted octanol–water partition coefficient (Wildman–Crippen LogP) is -0.689. The van der Waals surface area contributed by atoms with Crippen LogP contribution in [0.1, 0.15) is 25.7 Å². The molecule has 2 heterocycles. The van der Waals surface area contributed by atoms with Crippen molar-refractivity contribution in [1.29, 1.82) is 0 Å². The maximum atomic E-state index is 11.0. The third kappa shape index (κ3) is 4.26. The summed E-state index contributed by atoms with van der Waals surface area (Å²) in [7, 11) is 0. The second-order valence-electron chi connectivity index (χ2n) is 5.12. The number of carbonyl (C=O) groups is 1. The van der Waals surface area contributed by atoms with Crippen LogP contribution in [0.4, 0.5) is 0 Å². The maximum Gasteiger partial charge on any atom is 0.220 e. The number of carbonyl (C=O) groups excluding carboxylic acids is 1. The summed E-state index contributed by atoms with van der Waals surface area (Å²) in [5.74, 6) is 0.148. The molecular formula is C12H23N3O2. The summed E-state index contributed by atoms with van der Waals surface area (Å²) in [6.45, 7) is 4.39. The summed E-state index contributed by atoms with van der Waals surface area (Å²) < 4.78 is 0. The molecule has 0 aromatic carbocycles. The number of hydrogen-bond acceptors (Lipinski definition) is 4. The van der Waals surface area contributed by atoms with Gasteiger partial charge >= 0.3 is 0 Å². The molecule has 2 aliphatic rings. The van der Waals surface area contributed by atoms with E-state index in [1.54, 1.807) is 0 Å². The lowest BCUT2D eigenvalue weighted by molar-refractivity contribution is -0.119. The fourth-order valence-electron chi connectivity index (χ4n) is 2.58. The van der Waals surface area contributed by atoms with Gasteiger partial charge in [-0.1, -0.05) is 0 Å². The molecule has 5 heteroatoms. The first-order valence-electron chi connectivity index (χ1n) is 6.64. The van der Waals surface area contributed by atoms with Crippen molar-refractivity contribution in [3.8, 4) is 0 Å². The molecule has 0 aromatic heterocycles. The molecule has 1 amide bonds. The number of amides is 1. The number of aliphatic hydroxyl groups is 1. The fraction of sp³-hybridized carbons (Fsp3) is 0.917. The van der Waals surface area contributed by atoms with Gasteiger partial charge in [0.1, 0.15) is 0 Å². The highest BCUT2D eigenvalue weighted by molar-refractivity contribution is 5.78. The Morgan fingerprint density at radius 1 is 1.47 bits per heavy atom. The average Bonchev–Trinajstić information content (AvgIpc) is 2.90. The van der Waals surface area contributed by atoms with E-state index in [0.717, 1.165) is 32.6 Å². The Kier molecular flexibility index (Phi) is 4.76. The Morgan fingerprint density at radius 3 is 2.88 bits per heavy atom. The van der Waals surface area contributed by atoms with Gasteiger partial charge in [-0.25, -0.2) is 0 Å². The maximum absolute atomic E-state index is 11.0. The number of nitrogens with one attached hydrogen (secondary N) is 2. The number of likely N-dealkylation sites (tertiary alicyclic amines) is 1. The second-order valence-corrected chi connectivity index (χ2v) is 5.12. The lowest BCUT2D eigenvalue weighted by Crippen LogP contribution is -2.41. The molecule has 98 valence electrons. The quantitative estimate of drug-likeness (QED) is 0.576. The zero-order valence-corrected chi connectivity index (χ0v) is 10.3. The lowest BCUT2D eigenvalue weighted by atomic mass is 10.2. The van der Waals surface area contributed by atoms with Crippen molar-refractivity contribution >= 4 is 5.91 Å². The van der Waals surface area contributed by atoms with E-state index in [1.165, 1.54) is 12.8 Å². The Morgan fingerprint density at radius 2 is 2.24 bits per heavy atom. The highest BCUT2D eigenvalue weighted by Crippen LogP contribution is 2.07. The summed E-state index contributed by atoms with van der Waals surface area (Å²) in [5, 5.41) is 16.0. The predicted molar refractivity (Wildman–Crippen MR) is 65.7 cm³/mol. The highest BCUT2D eigenvalue weighted by atomic mass is 16.3. The summed E-state index contributed by atoms with van der Waals surface area (Å²) in [5.41, 5.74) is 0. The molecule has 2 saturated heterocycles. The molecule has 2 atom stereocenters. The van der Waals surface area contributed by atoms with Crippen LogP contribution in [0.3, 0.4) is 0 Å². The van der Waals surface area contributed by atoms with Crippen molar-refractivity contribution in [2.24, 2.45) is 0 Å². The molecule has 0 aromatic rings. The van der Waals surface area contributed by atoms with Gasteiger partial charge in [0.05, 0.1) is 6.10 Å². The molecule has 2 unspecified atom stereocenters. The molecule has 2 fully saturated rings. The molecule has 0 saturated carbocycles. The molecular weight excluding hydrogens is 218 g/mol. The second kappa shape index (κ2) is 6.33. The monoisotopic (exact) mass is 241 g/mol. The van der Waals surface area contributed by atoms with Gasteiger partial charge in [-0.05, 0) is 32.4 Å². The van der Waals surface area contributed by atoms with Crippen molar-refractivity contribution in [3.63, 3.8) is 0 Å². The van der Waals surface area contributed by atoms with Crippen molar-refractivity contribution < 1.29 is 9.90 Å². The van der Waals surface area contributed by atoms with Gasteiger partial charge in [0, 0.05) is 32.1 Å². The minimum Gasteiger partial charge on any atom is -0.390 e. The summed E-state index contributed by atoms with van der Waals surface area (Å²) >= 11 is 0. The zero-order valence-electron chi connectivity index (χ0n) is 10.3. The Balaban J connectivity index is 1.53. The smallest absolute Gasteiger partial charge is 0.220 e. The minimum atomic E-state index is -0.301. The Hall–Kier alpha value is -0.650. The first kappa shape index (κ1) is 12.8. The SMILES string of the molecule is O=C1CCC(CNCC(O)CN2CCCC2)N1. The first-order valence-corrected chi connectivity index (χ1v) is 6.64. The fourth-order valence-corrected chi connectivity index (χ4v) is 2.58. The molecule has 2 rings (SSSR count). The normalized spacial score (nSPS) is 27.4. The summed E-state index contributed by atoms with van der Waals surface area (Å²) in [6, 6.07) is 0.251. The van der Waals surface area contributed by atoms with Gasteiger partial charge in [-0.3, -0.25) is 4.79 Å². The van der Waals surface area contributed by atoms with Crippen LogP contribution < -0.4 is 10.6 Å².